The summed E-state index contributed by atoms with van der Waals surface area (Å²) in [6.45, 7) is 0. The lowest BCUT2D eigenvalue weighted by Gasteiger charge is -2.36. The van der Waals surface area contributed by atoms with Gasteiger partial charge in [-0.3, -0.25) is 9.36 Å². The van der Waals surface area contributed by atoms with E-state index >= 15 is 0 Å². The van der Waals surface area contributed by atoms with E-state index in [1.54, 1.807) is 17.0 Å². The molecular weight excluding hydrogens is 370 g/mol. The minimum atomic E-state index is -0.0999. The van der Waals surface area contributed by atoms with E-state index in [1.807, 2.05) is 24.3 Å². The van der Waals surface area contributed by atoms with Crippen LogP contribution in [0.25, 0.3) is 15.9 Å². The minimum absolute atomic E-state index is 0.0999. The summed E-state index contributed by atoms with van der Waals surface area (Å²) in [5, 5.41) is 0. The highest BCUT2D eigenvalue weighted by Crippen LogP contribution is 2.36. The Morgan fingerprint density at radius 3 is 2.61 bits per heavy atom. The topological polar surface area (TPSA) is 47.4 Å². The number of piperidine rings is 1. The summed E-state index contributed by atoms with van der Waals surface area (Å²) < 4.78 is 8.38. The minimum Gasteiger partial charge on any atom is -0.490 e. The van der Waals surface area contributed by atoms with E-state index in [0.717, 1.165) is 24.3 Å². The average Bonchev–Trinajstić information content (AvgIpc) is 3.21. The molecule has 3 atom stereocenters. The second kappa shape index (κ2) is 6.77. The van der Waals surface area contributed by atoms with Crippen molar-refractivity contribution in [3.05, 3.63) is 51.9 Å². The van der Waals surface area contributed by atoms with Gasteiger partial charge in [0.05, 0.1) is 16.1 Å². The SMILES string of the molecule is C#Cc1cc2ncn(-c3ccc(O[C@@H]4C[C@H]5CC[C@@H](C4)N5C)cc3)c(=O)c2s1. The largest absolute Gasteiger partial charge is 0.490 e. The van der Waals surface area contributed by atoms with Crippen molar-refractivity contribution in [3.8, 4) is 23.8 Å². The molecule has 2 aliphatic heterocycles. The summed E-state index contributed by atoms with van der Waals surface area (Å²) in [5.41, 5.74) is 1.32. The highest BCUT2D eigenvalue weighted by Gasteiger charge is 2.39. The van der Waals surface area contributed by atoms with Crippen LogP contribution in [0, 0.1) is 12.3 Å². The third kappa shape index (κ3) is 2.92. The monoisotopic (exact) mass is 391 g/mol. The van der Waals surface area contributed by atoms with Crippen LogP contribution in [0.15, 0.2) is 41.5 Å². The van der Waals surface area contributed by atoms with Crippen molar-refractivity contribution in [2.45, 2.75) is 43.9 Å². The molecule has 28 heavy (non-hydrogen) atoms. The Balaban J connectivity index is 1.37. The van der Waals surface area contributed by atoms with Crippen LogP contribution in [0.4, 0.5) is 0 Å². The van der Waals surface area contributed by atoms with Crippen molar-refractivity contribution >= 4 is 21.6 Å². The van der Waals surface area contributed by atoms with Crippen LogP contribution in [0.3, 0.4) is 0 Å². The standard InChI is InChI=1S/C22H21N3O2S/c1-3-19-12-20-21(28-19)22(26)25(13-23-20)14-6-8-17(9-7-14)27-18-10-15-4-5-16(11-18)24(15)2/h1,6-9,12-13,15-16,18H,4-5,10-11H2,2H3/t15-,16+,18-. The summed E-state index contributed by atoms with van der Waals surface area (Å²) in [4.78, 5) is 20.4. The van der Waals surface area contributed by atoms with Crippen LogP contribution in [0.2, 0.25) is 0 Å². The molecule has 2 aliphatic rings. The second-order valence-electron chi connectivity index (χ2n) is 7.64. The van der Waals surface area contributed by atoms with Gasteiger partial charge in [0.1, 0.15) is 22.9 Å². The number of fused-ring (bicyclic) bond motifs is 3. The maximum Gasteiger partial charge on any atom is 0.275 e. The van der Waals surface area contributed by atoms with E-state index in [1.165, 1.54) is 24.2 Å². The molecule has 3 aromatic rings. The van der Waals surface area contributed by atoms with Gasteiger partial charge in [0.25, 0.3) is 5.56 Å². The molecule has 0 unspecified atom stereocenters. The summed E-state index contributed by atoms with van der Waals surface area (Å²) in [6, 6.07) is 10.8. The van der Waals surface area contributed by atoms with Gasteiger partial charge in [-0.1, -0.05) is 5.92 Å². The van der Waals surface area contributed by atoms with Crippen LogP contribution in [0.5, 0.6) is 5.75 Å². The Kier molecular flexibility index (Phi) is 4.22. The number of ether oxygens (including phenoxy) is 1. The lowest BCUT2D eigenvalue weighted by molar-refractivity contribution is 0.0662. The van der Waals surface area contributed by atoms with Gasteiger partial charge in [-0.05, 0) is 63.1 Å². The molecule has 0 aliphatic carbocycles. The summed E-state index contributed by atoms with van der Waals surface area (Å²) in [5.74, 6) is 3.43. The van der Waals surface area contributed by atoms with E-state index in [2.05, 4.69) is 22.9 Å². The van der Waals surface area contributed by atoms with E-state index < -0.39 is 0 Å². The molecule has 142 valence electrons. The number of nitrogens with zero attached hydrogens (tertiary/aromatic N) is 3. The summed E-state index contributed by atoms with van der Waals surface area (Å²) in [7, 11) is 2.23. The first-order valence-electron chi connectivity index (χ1n) is 9.59. The number of aromatic nitrogens is 2. The zero-order valence-electron chi connectivity index (χ0n) is 15.7. The van der Waals surface area contributed by atoms with Gasteiger partial charge in [-0.2, -0.15) is 0 Å². The molecule has 4 heterocycles. The quantitative estimate of drug-likeness (QED) is 0.642. The smallest absolute Gasteiger partial charge is 0.275 e. The van der Waals surface area contributed by atoms with Crippen molar-refractivity contribution in [2.24, 2.45) is 0 Å². The van der Waals surface area contributed by atoms with E-state index in [9.17, 15) is 4.79 Å². The molecule has 0 radical (unpaired) electrons. The molecule has 2 fully saturated rings. The molecule has 5 rings (SSSR count). The van der Waals surface area contributed by atoms with Crippen molar-refractivity contribution in [2.75, 3.05) is 7.05 Å². The van der Waals surface area contributed by atoms with Gasteiger partial charge < -0.3 is 9.64 Å². The Morgan fingerprint density at radius 2 is 1.93 bits per heavy atom. The van der Waals surface area contributed by atoms with Gasteiger partial charge in [0, 0.05) is 12.1 Å². The molecule has 2 saturated heterocycles. The zero-order valence-corrected chi connectivity index (χ0v) is 16.5. The van der Waals surface area contributed by atoms with Crippen LogP contribution < -0.4 is 10.3 Å². The van der Waals surface area contributed by atoms with Crippen LogP contribution in [-0.2, 0) is 0 Å². The van der Waals surface area contributed by atoms with Crippen LogP contribution in [-0.4, -0.2) is 39.7 Å². The number of hydrogen-bond acceptors (Lipinski definition) is 5. The molecule has 0 saturated carbocycles. The van der Waals surface area contributed by atoms with Crippen LogP contribution in [0.1, 0.15) is 30.6 Å². The third-order valence-corrected chi connectivity index (χ3v) is 7.10. The molecule has 0 N–H and O–H groups in total. The molecular formula is C22H21N3O2S. The first-order valence-corrected chi connectivity index (χ1v) is 10.4. The number of benzene rings is 1. The molecule has 2 aromatic heterocycles. The molecule has 5 nitrogen and oxygen atoms in total. The molecule has 0 spiro atoms. The Labute approximate surface area is 167 Å². The lowest BCUT2D eigenvalue weighted by atomic mass is 10.0. The van der Waals surface area contributed by atoms with Crippen molar-refractivity contribution in [1.29, 1.82) is 0 Å². The molecule has 1 aromatic carbocycles. The number of rotatable bonds is 3. The third-order valence-electron chi connectivity index (χ3n) is 6.05. The Bertz CT molecular complexity index is 1110. The fraction of sp³-hybridized carbons (Fsp3) is 0.364. The Morgan fingerprint density at radius 1 is 1.21 bits per heavy atom. The van der Waals surface area contributed by atoms with Gasteiger partial charge in [-0.15, -0.1) is 17.8 Å². The Hall–Kier alpha value is -2.62. The van der Waals surface area contributed by atoms with Crippen LogP contribution >= 0.6 is 11.3 Å². The van der Waals surface area contributed by atoms with Gasteiger partial charge in [-0.25, -0.2) is 4.98 Å². The summed E-state index contributed by atoms with van der Waals surface area (Å²) in [6.07, 6.45) is 12.0. The predicted molar refractivity (Wildman–Crippen MR) is 111 cm³/mol. The first-order chi connectivity index (χ1) is 13.6. The highest BCUT2D eigenvalue weighted by molar-refractivity contribution is 7.19. The van der Waals surface area contributed by atoms with Crippen molar-refractivity contribution < 1.29 is 4.74 Å². The highest BCUT2D eigenvalue weighted by atomic mass is 32.1. The number of thiophene rings is 1. The maximum absolute atomic E-state index is 12.8. The summed E-state index contributed by atoms with van der Waals surface area (Å²) >= 11 is 1.30. The fourth-order valence-electron chi connectivity index (χ4n) is 4.50. The number of hydrogen-bond donors (Lipinski definition) is 0. The van der Waals surface area contributed by atoms with Gasteiger partial charge in [0.2, 0.25) is 0 Å². The predicted octanol–water partition coefficient (Wildman–Crippen LogP) is 3.43. The lowest BCUT2D eigenvalue weighted by Crippen LogP contribution is -2.43. The van der Waals surface area contributed by atoms with E-state index in [0.29, 0.717) is 27.2 Å². The van der Waals surface area contributed by atoms with Gasteiger partial charge in [0.15, 0.2) is 0 Å². The molecule has 6 heteroatoms. The van der Waals surface area contributed by atoms with E-state index in [-0.39, 0.29) is 11.7 Å². The van der Waals surface area contributed by atoms with Gasteiger partial charge >= 0.3 is 0 Å². The second-order valence-corrected chi connectivity index (χ2v) is 8.70. The van der Waals surface area contributed by atoms with E-state index in [4.69, 9.17) is 11.2 Å². The number of terminal acetylenes is 1. The first kappa shape index (κ1) is 17.5. The average molecular weight is 391 g/mol. The van der Waals surface area contributed by atoms with Crippen molar-refractivity contribution in [3.63, 3.8) is 0 Å². The fourth-order valence-corrected chi connectivity index (χ4v) is 5.35. The normalized spacial score (nSPS) is 24.4. The molecule has 2 bridgehead atoms. The molecule has 0 amide bonds. The van der Waals surface area contributed by atoms with Crippen molar-refractivity contribution in [1.82, 2.24) is 14.5 Å². The zero-order chi connectivity index (χ0) is 19.3. The maximum atomic E-state index is 12.8.